The predicted molar refractivity (Wildman–Crippen MR) is 112 cm³/mol. The van der Waals surface area contributed by atoms with E-state index in [0.717, 1.165) is 38.3 Å². The Kier molecular flexibility index (Phi) is 3.37. The molecule has 1 heterocycles. The Labute approximate surface area is 154 Å². The van der Waals surface area contributed by atoms with Crippen molar-refractivity contribution in [2.75, 3.05) is 11.1 Å². The first-order chi connectivity index (χ1) is 13.2. The van der Waals surface area contributed by atoms with Crippen LogP contribution in [0, 0.1) is 0 Å². The lowest BCUT2D eigenvalue weighted by atomic mass is 10.0. The zero-order chi connectivity index (χ0) is 18.4. The quantitative estimate of drug-likeness (QED) is 0.253. The second-order valence-corrected chi connectivity index (χ2v) is 6.52. The first kappa shape index (κ1) is 15.5. The summed E-state index contributed by atoms with van der Waals surface area (Å²) in [7, 11) is 0. The van der Waals surface area contributed by atoms with Gasteiger partial charge in [-0.25, -0.2) is 4.79 Å². The van der Waals surface area contributed by atoms with E-state index in [0.29, 0.717) is 11.3 Å². The molecule has 27 heavy (non-hydrogen) atoms. The zero-order valence-corrected chi connectivity index (χ0v) is 14.4. The number of nitrogens with two attached hydrogens (primary N) is 1. The van der Waals surface area contributed by atoms with Crippen LogP contribution in [0.25, 0.3) is 32.5 Å². The zero-order valence-electron chi connectivity index (χ0n) is 14.4. The molecule has 4 nitrogen and oxygen atoms in total. The van der Waals surface area contributed by atoms with Crippen LogP contribution in [0.4, 0.5) is 17.1 Å². The van der Waals surface area contributed by atoms with E-state index in [1.165, 1.54) is 6.07 Å². The third-order valence-corrected chi connectivity index (χ3v) is 4.86. The van der Waals surface area contributed by atoms with Gasteiger partial charge in [-0.1, -0.05) is 54.6 Å². The molecule has 1 aromatic heterocycles. The highest BCUT2D eigenvalue weighted by molar-refractivity contribution is 6.09. The monoisotopic (exact) mass is 352 g/mol. The number of nitrogen functional groups attached to an aromatic ring is 1. The van der Waals surface area contributed by atoms with E-state index in [1.54, 1.807) is 0 Å². The first-order valence-corrected chi connectivity index (χ1v) is 8.70. The summed E-state index contributed by atoms with van der Waals surface area (Å²) in [5.41, 5.74) is 8.62. The van der Waals surface area contributed by atoms with Crippen molar-refractivity contribution in [1.29, 1.82) is 0 Å². The summed E-state index contributed by atoms with van der Waals surface area (Å²) in [6.45, 7) is 0. The van der Waals surface area contributed by atoms with Crippen molar-refractivity contribution in [3.05, 3.63) is 89.3 Å². The van der Waals surface area contributed by atoms with Crippen LogP contribution in [-0.4, -0.2) is 0 Å². The van der Waals surface area contributed by atoms with Gasteiger partial charge in [-0.2, -0.15) is 0 Å². The number of hydrogen-bond donors (Lipinski definition) is 2. The van der Waals surface area contributed by atoms with Crippen molar-refractivity contribution >= 4 is 49.6 Å². The molecule has 4 heteroatoms. The normalized spacial score (nSPS) is 11.3. The molecule has 0 saturated heterocycles. The molecular weight excluding hydrogens is 336 g/mol. The lowest BCUT2D eigenvalue weighted by Crippen LogP contribution is -2.02. The van der Waals surface area contributed by atoms with Gasteiger partial charge in [0.1, 0.15) is 5.58 Å². The van der Waals surface area contributed by atoms with E-state index in [4.69, 9.17) is 10.2 Å². The SMILES string of the molecule is Nc1cccc2c(Nc3cc(=O)oc4c3ccc3ccccc34)cccc12. The van der Waals surface area contributed by atoms with Crippen molar-refractivity contribution < 1.29 is 4.42 Å². The molecule has 0 atom stereocenters. The molecule has 0 aliphatic heterocycles. The summed E-state index contributed by atoms with van der Waals surface area (Å²) < 4.78 is 5.54. The molecule has 0 saturated carbocycles. The topological polar surface area (TPSA) is 68.3 Å². The first-order valence-electron chi connectivity index (χ1n) is 8.70. The lowest BCUT2D eigenvalue weighted by molar-refractivity contribution is 0.565. The van der Waals surface area contributed by atoms with Crippen LogP contribution < -0.4 is 16.7 Å². The Bertz CT molecular complexity index is 1390. The molecular formula is C23H16N2O2. The van der Waals surface area contributed by atoms with E-state index in [2.05, 4.69) is 5.32 Å². The highest BCUT2D eigenvalue weighted by Crippen LogP contribution is 2.33. The molecule has 0 amide bonds. The lowest BCUT2D eigenvalue weighted by Gasteiger charge is -2.13. The number of hydrogen-bond acceptors (Lipinski definition) is 4. The van der Waals surface area contributed by atoms with Gasteiger partial charge >= 0.3 is 5.63 Å². The summed E-state index contributed by atoms with van der Waals surface area (Å²) in [6, 6.07) is 25.1. The molecule has 0 aliphatic carbocycles. The van der Waals surface area contributed by atoms with Gasteiger partial charge < -0.3 is 15.5 Å². The fraction of sp³-hybridized carbons (Fsp3) is 0. The number of fused-ring (bicyclic) bond motifs is 4. The Hall–Kier alpha value is -3.79. The Morgan fingerprint density at radius 2 is 1.48 bits per heavy atom. The molecule has 0 bridgehead atoms. The molecule has 0 aliphatic rings. The van der Waals surface area contributed by atoms with Crippen LogP contribution in [0.5, 0.6) is 0 Å². The summed E-state index contributed by atoms with van der Waals surface area (Å²) in [6.07, 6.45) is 0. The van der Waals surface area contributed by atoms with Crippen molar-refractivity contribution in [1.82, 2.24) is 0 Å². The van der Waals surface area contributed by atoms with Crippen LogP contribution in [-0.2, 0) is 0 Å². The van der Waals surface area contributed by atoms with E-state index in [9.17, 15) is 4.79 Å². The molecule has 5 aromatic rings. The summed E-state index contributed by atoms with van der Waals surface area (Å²) in [5.74, 6) is 0. The molecule has 3 N–H and O–H groups in total. The molecule has 0 spiro atoms. The molecule has 4 aromatic carbocycles. The predicted octanol–water partition coefficient (Wildman–Crippen LogP) is 5.43. The highest BCUT2D eigenvalue weighted by atomic mass is 16.4. The van der Waals surface area contributed by atoms with E-state index >= 15 is 0 Å². The number of benzene rings is 4. The summed E-state index contributed by atoms with van der Waals surface area (Å²) >= 11 is 0. The van der Waals surface area contributed by atoms with Gasteiger partial charge in [0.2, 0.25) is 0 Å². The average Bonchev–Trinajstić information content (AvgIpc) is 2.68. The van der Waals surface area contributed by atoms with Gasteiger partial charge in [0.15, 0.2) is 0 Å². The molecule has 0 unspecified atom stereocenters. The second kappa shape index (κ2) is 5.88. The van der Waals surface area contributed by atoms with Crippen LogP contribution >= 0.6 is 0 Å². The standard InChI is InChI=1S/C23H16N2O2/c24-19-9-3-8-17-16(19)7-4-10-20(17)25-21-13-22(26)27-23-15-6-2-1-5-14(15)11-12-18(21)23/h1-13,25H,24H2. The second-order valence-electron chi connectivity index (χ2n) is 6.52. The van der Waals surface area contributed by atoms with Crippen molar-refractivity contribution in [2.45, 2.75) is 0 Å². The Morgan fingerprint density at radius 3 is 2.41 bits per heavy atom. The van der Waals surface area contributed by atoms with E-state index in [-0.39, 0.29) is 5.63 Å². The number of nitrogens with one attached hydrogen (secondary N) is 1. The molecule has 130 valence electrons. The minimum atomic E-state index is -0.388. The maximum Gasteiger partial charge on any atom is 0.338 e. The fourth-order valence-corrected chi connectivity index (χ4v) is 3.58. The summed E-state index contributed by atoms with van der Waals surface area (Å²) in [5, 5.41) is 8.18. The smallest absolute Gasteiger partial charge is 0.338 e. The van der Waals surface area contributed by atoms with Crippen molar-refractivity contribution in [3.63, 3.8) is 0 Å². The van der Waals surface area contributed by atoms with E-state index in [1.807, 2.05) is 72.8 Å². The summed E-state index contributed by atoms with van der Waals surface area (Å²) in [4.78, 5) is 12.2. The Morgan fingerprint density at radius 1 is 0.704 bits per heavy atom. The fourth-order valence-electron chi connectivity index (χ4n) is 3.58. The minimum Gasteiger partial charge on any atom is -0.422 e. The van der Waals surface area contributed by atoms with Gasteiger partial charge in [0, 0.05) is 39.0 Å². The van der Waals surface area contributed by atoms with Crippen LogP contribution in [0.15, 0.2) is 88.1 Å². The molecule has 0 radical (unpaired) electrons. The highest BCUT2D eigenvalue weighted by Gasteiger charge is 2.11. The third-order valence-electron chi connectivity index (χ3n) is 4.86. The maximum absolute atomic E-state index is 12.2. The third kappa shape index (κ3) is 2.50. The molecule has 5 rings (SSSR count). The van der Waals surface area contributed by atoms with Gasteiger partial charge in [-0.3, -0.25) is 0 Å². The largest absolute Gasteiger partial charge is 0.422 e. The maximum atomic E-state index is 12.2. The van der Waals surface area contributed by atoms with Crippen molar-refractivity contribution in [3.8, 4) is 0 Å². The number of rotatable bonds is 2. The average molecular weight is 352 g/mol. The number of anilines is 3. The van der Waals surface area contributed by atoms with Gasteiger partial charge in [0.25, 0.3) is 0 Å². The van der Waals surface area contributed by atoms with Crippen LogP contribution in [0.3, 0.4) is 0 Å². The van der Waals surface area contributed by atoms with Gasteiger partial charge in [-0.05, 0) is 23.6 Å². The van der Waals surface area contributed by atoms with Crippen LogP contribution in [0.2, 0.25) is 0 Å². The van der Waals surface area contributed by atoms with Crippen LogP contribution in [0.1, 0.15) is 0 Å². The minimum absolute atomic E-state index is 0.388. The molecule has 0 fully saturated rings. The van der Waals surface area contributed by atoms with Crippen molar-refractivity contribution in [2.24, 2.45) is 0 Å². The Balaban J connectivity index is 1.76. The van der Waals surface area contributed by atoms with E-state index < -0.39 is 0 Å². The van der Waals surface area contributed by atoms with Gasteiger partial charge in [0.05, 0.1) is 5.69 Å². The van der Waals surface area contributed by atoms with Gasteiger partial charge in [-0.15, -0.1) is 0 Å².